The molecule has 0 amide bonds. The number of nitrogens with one attached hydrogen (secondary N) is 1. The van der Waals surface area contributed by atoms with Crippen molar-refractivity contribution in [2.75, 3.05) is 6.54 Å². The van der Waals surface area contributed by atoms with E-state index >= 15 is 0 Å². The monoisotopic (exact) mass is 307 g/mol. The highest BCUT2D eigenvalue weighted by atomic mass is 16.1. The minimum Gasteiger partial charge on any atom is -0.382 e. The lowest BCUT2D eigenvalue weighted by atomic mass is 10.0. The fourth-order valence-electron chi connectivity index (χ4n) is 2.16. The van der Waals surface area contributed by atoms with E-state index in [2.05, 4.69) is 12.2 Å². The van der Waals surface area contributed by atoms with Crippen LogP contribution in [0.2, 0.25) is 0 Å². The number of rotatable bonds is 8. The number of carbonyl (C=O) groups excluding carboxylic acids is 2. The van der Waals surface area contributed by atoms with Gasteiger partial charge in [-0.25, -0.2) is 0 Å². The third kappa shape index (κ3) is 4.92. The molecule has 0 saturated heterocycles. The van der Waals surface area contributed by atoms with Gasteiger partial charge in [0.25, 0.3) is 0 Å². The molecule has 0 bridgehead atoms. The van der Waals surface area contributed by atoms with Crippen molar-refractivity contribution in [2.24, 2.45) is 0 Å². The predicted octanol–water partition coefficient (Wildman–Crippen LogP) is 4.03. The average molecular weight is 307 g/mol. The Kier molecular flexibility index (Phi) is 6.30. The molecular weight excluding hydrogens is 286 g/mol. The molecule has 3 heteroatoms. The van der Waals surface area contributed by atoms with Crippen LogP contribution in [-0.4, -0.2) is 18.1 Å². The van der Waals surface area contributed by atoms with E-state index in [-0.39, 0.29) is 11.6 Å². The van der Waals surface area contributed by atoms with E-state index in [1.54, 1.807) is 24.3 Å². The average Bonchev–Trinajstić information content (AvgIpc) is 2.62. The highest BCUT2D eigenvalue weighted by Gasteiger charge is 2.14. The predicted molar refractivity (Wildman–Crippen MR) is 92.5 cm³/mol. The molecule has 118 valence electrons. The van der Waals surface area contributed by atoms with E-state index in [1.165, 1.54) is 6.08 Å². The van der Waals surface area contributed by atoms with Crippen molar-refractivity contribution in [1.29, 1.82) is 0 Å². The van der Waals surface area contributed by atoms with Crippen LogP contribution in [0.1, 0.15) is 40.5 Å². The minimum absolute atomic E-state index is 0.161. The Morgan fingerprint density at radius 3 is 2.04 bits per heavy atom. The van der Waals surface area contributed by atoms with Gasteiger partial charge in [-0.05, 0) is 6.42 Å². The van der Waals surface area contributed by atoms with Crippen LogP contribution >= 0.6 is 0 Å². The Morgan fingerprint density at radius 1 is 0.913 bits per heavy atom. The second-order valence-electron chi connectivity index (χ2n) is 5.26. The van der Waals surface area contributed by atoms with Gasteiger partial charge in [0.1, 0.15) is 0 Å². The van der Waals surface area contributed by atoms with Gasteiger partial charge in [0.15, 0.2) is 5.78 Å². The molecule has 3 nitrogen and oxygen atoms in total. The number of hydrogen-bond donors (Lipinski definition) is 1. The van der Waals surface area contributed by atoms with Crippen LogP contribution in [0.3, 0.4) is 0 Å². The summed E-state index contributed by atoms with van der Waals surface area (Å²) in [7, 11) is 0. The van der Waals surface area contributed by atoms with Gasteiger partial charge in [0.05, 0.1) is 5.70 Å². The largest absolute Gasteiger partial charge is 0.382 e. The summed E-state index contributed by atoms with van der Waals surface area (Å²) >= 11 is 0. The Hall–Kier alpha value is -2.68. The zero-order valence-corrected chi connectivity index (χ0v) is 13.3. The minimum atomic E-state index is -0.172. The number of ketones is 2. The number of Topliss-reactive ketones (excluding diaryl/α,β-unsaturated/α-hetero) is 1. The lowest BCUT2D eigenvalue weighted by Gasteiger charge is -2.10. The smallest absolute Gasteiger partial charge is 0.208 e. The fraction of sp³-hybridized carbons (Fsp3) is 0.200. The molecule has 2 aromatic carbocycles. The molecule has 0 aliphatic heterocycles. The number of hydrogen-bond acceptors (Lipinski definition) is 3. The van der Waals surface area contributed by atoms with Crippen LogP contribution in [-0.2, 0) is 0 Å². The van der Waals surface area contributed by atoms with Crippen LogP contribution in [0.5, 0.6) is 0 Å². The highest BCUT2D eigenvalue weighted by molar-refractivity contribution is 6.14. The van der Waals surface area contributed by atoms with Gasteiger partial charge in [0.2, 0.25) is 5.78 Å². The summed E-state index contributed by atoms with van der Waals surface area (Å²) in [5.74, 6) is -0.333. The maximum Gasteiger partial charge on any atom is 0.208 e. The van der Waals surface area contributed by atoms with E-state index < -0.39 is 0 Å². The molecule has 0 aliphatic carbocycles. The van der Waals surface area contributed by atoms with Crippen LogP contribution in [0.15, 0.2) is 72.4 Å². The third-order valence-electron chi connectivity index (χ3n) is 3.46. The summed E-state index contributed by atoms with van der Waals surface area (Å²) < 4.78 is 0. The number of benzene rings is 2. The molecule has 0 fully saturated rings. The molecule has 0 saturated carbocycles. The molecule has 0 aromatic heterocycles. The van der Waals surface area contributed by atoms with E-state index in [0.717, 1.165) is 12.8 Å². The zero-order valence-electron chi connectivity index (χ0n) is 13.3. The summed E-state index contributed by atoms with van der Waals surface area (Å²) in [6.45, 7) is 2.75. The van der Waals surface area contributed by atoms with Gasteiger partial charge in [-0.2, -0.15) is 0 Å². The van der Waals surface area contributed by atoms with Crippen molar-refractivity contribution >= 4 is 11.6 Å². The van der Waals surface area contributed by atoms with Crippen LogP contribution in [0.4, 0.5) is 0 Å². The van der Waals surface area contributed by atoms with Gasteiger partial charge in [-0.15, -0.1) is 0 Å². The first-order chi connectivity index (χ1) is 11.2. The van der Waals surface area contributed by atoms with Crippen LogP contribution < -0.4 is 5.32 Å². The van der Waals surface area contributed by atoms with Gasteiger partial charge in [-0.1, -0.05) is 74.0 Å². The first kappa shape index (κ1) is 16.7. The van der Waals surface area contributed by atoms with E-state index in [0.29, 0.717) is 23.4 Å². The Labute approximate surface area is 137 Å². The third-order valence-corrected chi connectivity index (χ3v) is 3.46. The molecule has 0 heterocycles. The summed E-state index contributed by atoms with van der Waals surface area (Å²) in [5, 5.41) is 3.11. The Bertz CT molecular complexity index is 675. The van der Waals surface area contributed by atoms with Crippen molar-refractivity contribution in [3.8, 4) is 0 Å². The van der Waals surface area contributed by atoms with Crippen molar-refractivity contribution < 1.29 is 9.59 Å². The van der Waals surface area contributed by atoms with E-state index in [1.807, 2.05) is 36.4 Å². The van der Waals surface area contributed by atoms with E-state index in [4.69, 9.17) is 0 Å². The van der Waals surface area contributed by atoms with Gasteiger partial charge in [-0.3, -0.25) is 9.59 Å². The lowest BCUT2D eigenvalue weighted by molar-refractivity contribution is 0.100. The summed E-state index contributed by atoms with van der Waals surface area (Å²) in [6, 6.07) is 18.0. The quantitative estimate of drug-likeness (QED) is 0.455. The molecule has 1 N–H and O–H groups in total. The summed E-state index contributed by atoms with van der Waals surface area (Å²) in [5.41, 5.74) is 1.49. The van der Waals surface area contributed by atoms with Gasteiger partial charge >= 0.3 is 0 Å². The van der Waals surface area contributed by atoms with Crippen molar-refractivity contribution in [3.63, 3.8) is 0 Å². The normalized spacial score (nSPS) is 11.1. The molecule has 0 radical (unpaired) electrons. The number of allylic oxidation sites excluding steroid dienone is 2. The van der Waals surface area contributed by atoms with Crippen molar-refractivity contribution in [2.45, 2.75) is 19.8 Å². The van der Waals surface area contributed by atoms with Crippen molar-refractivity contribution in [3.05, 3.63) is 83.6 Å². The van der Waals surface area contributed by atoms with Crippen molar-refractivity contribution in [1.82, 2.24) is 5.32 Å². The summed E-state index contributed by atoms with van der Waals surface area (Å²) in [6.07, 6.45) is 3.37. The van der Waals surface area contributed by atoms with Gasteiger partial charge < -0.3 is 5.32 Å². The molecule has 0 atom stereocenters. The Morgan fingerprint density at radius 2 is 1.48 bits per heavy atom. The zero-order chi connectivity index (χ0) is 16.5. The van der Waals surface area contributed by atoms with Gasteiger partial charge in [0, 0.05) is 23.7 Å². The molecule has 0 spiro atoms. The van der Waals surface area contributed by atoms with Crippen LogP contribution in [0.25, 0.3) is 0 Å². The standard InChI is InChI=1S/C20H21NO2/c1-2-3-14-21-18(20(23)17-12-8-5-9-13-17)15-19(22)16-10-6-4-7-11-16/h4-13,15,21H,2-3,14H2,1H3/b18-15-. The number of unbranched alkanes of at least 4 members (excludes halogenated alkanes) is 1. The van der Waals surface area contributed by atoms with Crippen LogP contribution in [0, 0.1) is 0 Å². The summed E-state index contributed by atoms with van der Waals surface area (Å²) in [4.78, 5) is 25.0. The molecule has 0 aliphatic rings. The molecule has 23 heavy (non-hydrogen) atoms. The van der Waals surface area contributed by atoms with E-state index in [9.17, 15) is 9.59 Å². The topological polar surface area (TPSA) is 46.2 Å². The first-order valence-electron chi connectivity index (χ1n) is 7.87. The second-order valence-corrected chi connectivity index (χ2v) is 5.26. The fourth-order valence-corrected chi connectivity index (χ4v) is 2.16. The molecular formula is C20H21NO2. The number of carbonyl (C=O) groups is 2. The Balaban J connectivity index is 2.24. The molecule has 2 aromatic rings. The highest BCUT2D eigenvalue weighted by Crippen LogP contribution is 2.09. The molecule has 2 rings (SSSR count). The lowest BCUT2D eigenvalue weighted by Crippen LogP contribution is -2.23. The maximum atomic E-state index is 12.6. The maximum absolute atomic E-state index is 12.6. The first-order valence-corrected chi connectivity index (χ1v) is 7.87. The molecule has 0 unspecified atom stereocenters. The SMILES string of the molecule is CCCCN/C(=C\C(=O)c1ccccc1)C(=O)c1ccccc1. The second kappa shape index (κ2) is 8.69.